The lowest BCUT2D eigenvalue weighted by Crippen LogP contribution is -2.31. The molecule has 1 aromatic rings. The molecule has 0 saturated heterocycles. The summed E-state index contributed by atoms with van der Waals surface area (Å²) in [6.07, 6.45) is 2.17. The summed E-state index contributed by atoms with van der Waals surface area (Å²) in [6.45, 7) is 3.61. The van der Waals surface area contributed by atoms with E-state index in [1.165, 1.54) is 9.13 Å². The quantitative estimate of drug-likeness (QED) is 0.778. The molecule has 2 nitrogen and oxygen atoms in total. The first kappa shape index (κ1) is 11.9. The summed E-state index contributed by atoms with van der Waals surface area (Å²) >= 11 is 2.33. The van der Waals surface area contributed by atoms with E-state index in [2.05, 4.69) is 41.6 Å². The van der Waals surface area contributed by atoms with Crippen LogP contribution in [0.2, 0.25) is 0 Å². The largest absolute Gasteiger partial charge is 0.338 e. The Morgan fingerprint density at radius 2 is 2.12 bits per heavy atom. The first-order valence-corrected chi connectivity index (χ1v) is 6.82. The van der Waals surface area contributed by atoms with Gasteiger partial charge in [-0.15, -0.1) is 0 Å². The topological polar surface area (TPSA) is 20.3 Å². The second-order valence-corrected chi connectivity index (χ2v) is 5.38. The molecular weight excluding hydrogens is 313 g/mol. The van der Waals surface area contributed by atoms with E-state index in [0.717, 1.165) is 25.9 Å². The second-order valence-electron chi connectivity index (χ2n) is 4.22. The van der Waals surface area contributed by atoms with Gasteiger partial charge in [0.25, 0.3) is 0 Å². The zero-order valence-electron chi connectivity index (χ0n) is 9.45. The second kappa shape index (κ2) is 5.17. The van der Waals surface area contributed by atoms with Crippen LogP contribution in [0.3, 0.4) is 0 Å². The van der Waals surface area contributed by atoms with E-state index >= 15 is 0 Å². The molecular formula is C13H16INO. The van der Waals surface area contributed by atoms with Crippen LogP contribution in [0.5, 0.6) is 0 Å². The van der Waals surface area contributed by atoms with Crippen LogP contribution in [0.15, 0.2) is 24.3 Å². The molecule has 0 heterocycles. The Kier molecular flexibility index (Phi) is 3.84. The molecule has 0 atom stereocenters. The van der Waals surface area contributed by atoms with Crippen molar-refractivity contribution in [3.05, 3.63) is 33.4 Å². The number of amides is 1. The summed E-state index contributed by atoms with van der Waals surface area (Å²) < 4.78 is 1.24. The van der Waals surface area contributed by atoms with Crippen LogP contribution in [0, 0.1) is 9.49 Å². The van der Waals surface area contributed by atoms with Gasteiger partial charge in [0.1, 0.15) is 0 Å². The van der Waals surface area contributed by atoms with Crippen molar-refractivity contribution in [3.63, 3.8) is 0 Å². The summed E-state index contributed by atoms with van der Waals surface area (Å²) in [5, 5.41) is 0. The highest BCUT2D eigenvalue weighted by Gasteiger charge is 2.32. The highest BCUT2D eigenvalue weighted by molar-refractivity contribution is 14.1. The van der Waals surface area contributed by atoms with Gasteiger partial charge >= 0.3 is 0 Å². The molecule has 0 N–H and O–H groups in total. The lowest BCUT2D eigenvalue weighted by molar-refractivity contribution is -0.132. The molecule has 1 aliphatic rings. The third-order valence-electron chi connectivity index (χ3n) is 2.94. The molecule has 0 unspecified atom stereocenters. The van der Waals surface area contributed by atoms with Gasteiger partial charge in [0.05, 0.1) is 0 Å². The Bertz CT molecular complexity index is 387. The number of carbonyl (C=O) groups excluding carboxylic acids is 1. The standard InChI is InChI=1S/C13H16INO/c1-2-15(13(16)10-7-8-10)9-11-5-3-4-6-12(11)14/h3-6,10H,2,7-9H2,1H3. The molecule has 0 aliphatic heterocycles. The fourth-order valence-corrected chi connectivity index (χ4v) is 2.32. The smallest absolute Gasteiger partial charge is 0.225 e. The number of carbonyl (C=O) groups is 1. The lowest BCUT2D eigenvalue weighted by Gasteiger charge is -2.21. The summed E-state index contributed by atoms with van der Waals surface area (Å²) in [4.78, 5) is 13.9. The molecule has 1 saturated carbocycles. The molecule has 1 aliphatic carbocycles. The Morgan fingerprint density at radius 1 is 1.44 bits per heavy atom. The van der Waals surface area contributed by atoms with Gasteiger partial charge in [-0.3, -0.25) is 4.79 Å². The first-order chi connectivity index (χ1) is 7.72. The van der Waals surface area contributed by atoms with Crippen LogP contribution in [-0.4, -0.2) is 17.4 Å². The highest BCUT2D eigenvalue weighted by atomic mass is 127. The van der Waals surface area contributed by atoms with Crippen molar-refractivity contribution in [1.82, 2.24) is 4.90 Å². The minimum absolute atomic E-state index is 0.321. The fraction of sp³-hybridized carbons (Fsp3) is 0.462. The van der Waals surface area contributed by atoms with E-state index in [1.807, 2.05) is 17.0 Å². The van der Waals surface area contributed by atoms with Gasteiger partial charge in [-0.25, -0.2) is 0 Å². The predicted molar refractivity (Wildman–Crippen MR) is 73.0 cm³/mol. The highest BCUT2D eigenvalue weighted by Crippen LogP contribution is 2.31. The Labute approximate surface area is 110 Å². The monoisotopic (exact) mass is 329 g/mol. The molecule has 2 rings (SSSR count). The number of nitrogens with zero attached hydrogens (tertiary/aromatic N) is 1. The minimum Gasteiger partial charge on any atom is -0.338 e. The normalized spacial score (nSPS) is 14.9. The van der Waals surface area contributed by atoms with Gasteiger partial charge in [0, 0.05) is 22.6 Å². The molecule has 3 heteroatoms. The van der Waals surface area contributed by atoms with Crippen LogP contribution >= 0.6 is 22.6 Å². The zero-order chi connectivity index (χ0) is 11.5. The third-order valence-corrected chi connectivity index (χ3v) is 3.99. The van der Waals surface area contributed by atoms with E-state index in [0.29, 0.717) is 11.8 Å². The van der Waals surface area contributed by atoms with Gasteiger partial charge in [-0.05, 0) is 54.0 Å². The number of hydrogen-bond acceptors (Lipinski definition) is 1. The van der Waals surface area contributed by atoms with Crippen molar-refractivity contribution in [2.75, 3.05) is 6.54 Å². The van der Waals surface area contributed by atoms with Crippen LogP contribution in [0.25, 0.3) is 0 Å². The number of hydrogen-bond donors (Lipinski definition) is 0. The van der Waals surface area contributed by atoms with E-state index < -0.39 is 0 Å². The number of halogens is 1. The van der Waals surface area contributed by atoms with Gasteiger partial charge in [0.15, 0.2) is 0 Å². The maximum absolute atomic E-state index is 12.0. The van der Waals surface area contributed by atoms with Crippen molar-refractivity contribution in [3.8, 4) is 0 Å². The molecule has 0 spiro atoms. The van der Waals surface area contributed by atoms with Crippen molar-refractivity contribution in [2.45, 2.75) is 26.3 Å². The molecule has 0 aromatic heterocycles. The van der Waals surface area contributed by atoms with Crippen molar-refractivity contribution in [2.24, 2.45) is 5.92 Å². The first-order valence-electron chi connectivity index (χ1n) is 5.74. The summed E-state index contributed by atoms with van der Waals surface area (Å²) in [5.41, 5.74) is 1.25. The summed E-state index contributed by atoms with van der Waals surface area (Å²) in [6, 6.07) is 8.26. The lowest BCUT2D eigenvalue weighted by atomic mass is 10.2. The van der Waals surface area contributed by atoms with Gasteiger partial charge in [-0.2, -0.15) is 0 Å². The number of benzene rings is 1. The third kappa shape index (κ3) is 2.75. The average molecular weight is 329 g/mol. The molecule has 1 amide bonds. The van der Waals surface area contributed by atoms with E-state index in [1.54, 1.807) is 0 Å². The predicted octanol–water partition coefficient (Wildman–Crippen LogP) is 3.05. The van der Waals surface area contributed by atoms with Crippen LogP contribution in [0.1, 0.15) is 25.3 Å². The van der Waals surface area contributed by atoms with Crippen molar-refractivity contribution < 1.29 is 4.79 Å². The van der Waals surface area contributed by atoms with Crippen LogP contribution in [-0.2, 0) is 11.3 Å². The Balaban J connectivity index is 2.06. The fourth-order valence-electron chi connectivity index (χ4n) is 1.77. The van der Waals surface area contributed by atoms with E-state index in [9.17, 15) is 4.79 Å². The summed E-state index contributed by atoms with van der Waals surface area (Å²) in [5.74, 6) is 0.656. The summed E-state index contributed by atoms with van der Waals surface area (Å²) in [7, 11) is 0. The maximum atomic E-state index is 12.0. The van der Waals surface area contributed by atoms with Crippen LogP contribution < -0.4 is 0 Å². The Hall–Kier alpha value is -0.580. The maximum Gasteiger partial charge on any atom is 0.225 e. The average Bonchev–Trinajstić information content (AvgIpc) is 3.11. The Morgan fingerprint density at radius 3 is 2.69 bits per heavy atom. The minimum atomic E-state index is 0.321. The molecule has 86 valence electrons. The van der Waals surface area contributed by atoms with Crippen molar-refractivity contribution in [1.29, 1.82) is 0 Å². The van der Waals surface area contributed by atoms with E-state index in [4.69, 9.17) is 0 Å². The zero-order valence-corrected chi connectivity index (χ0v) is 11.6. The molecule has 0 bridgehead atoms. The SMILES string of the molecule is CCN(Cc1ccccc1I)C(=O)C1CC1. The van der Waals surface area contributed by atoms with E-state index in [-0.39, 0.29) is 0 Å². The molecule has 16 heavy (non-hydrogen) atoms. The molecule has 1 aromatic carbocycles. The molecule has 0 radical (unpaired) electrons. The van der Waals surface area contributed by atoms with Crippen LogP contribution in [0.4, 0.5) is 0 Å². The van der Waals surface area contributed by atoms with Gasteiger partial charge < -0.3 is 4.90 Å². The molecule has 1 fully saturated rings. The van der Waals surface area contributed by atoms with Gasteiger partial charge in [-0.1, -0.05) is 18.2 Å². The van der Waals surface area contributed by atoms with Gasteiger partial charge in [0.2, 0.25) is 5.91 Å². The number of rotatable bonds is 4. The van der Waals surface area contributed by atoms with Crippen molar-refractivity contribution >= 4 is 28.5 Å².